The molecule has 0 heterocycles. The van der Waals surface area contributed by atoms with Crippen molar-refractivity contribution < 1.29 is 4.39 Å². The first-order valence-corrected chi connectivity index (χ1v) is 6.78. The maximum atomic E-state index is 12.8. The van der Waals surface area contributed by atoms with Gasteiger partial charge in [0.25, 0.3) is 0 Å². The molecule has 0 spiro atoms. The smallest absolute Gasteiger partial charge is 0.123 e. The Labute approximate surface area is 109 Å². The highest BCUT2D eigenvalue weighted by molar-refractivity contribution is 5.19. The Bertz CT molecular complexity index is 373. The van der Waals surface area contributed by atoms with Crippen molar-refractivity contribution in [2.24, 2.45) is 0 Å². The van der Waals surface area contributed by atoms with Crippen LogP contribution in [0.5, 0.6) is 0 Å². The highest BCUT2D eigenvalue weighted by Crippen LogP contribution is 2.26. The average molecular weight is 250 g/mol. The second kappa shape index (κ2) is 5.81. The molecule has 2 nitrogen and oxygen atoms in total. The third-order valence-corrected chi connectivity index (χ3v) is 3.91. The van der Waals surface area contributed by atoms with Crippen molar-refractivity contribution in [3.05, 3.63) is 35.6 Å². The van der Waals surface area contributed by atoms with Gasteiger partial charge in [-0.3, -0.25) is 4.90 Å². The van der Waals surface area contributed by atoms with E-state index >= 15 is 0 Å². The summed E-state index contributed by atoms with van der Waals surface area (Å²) in [6, 6.07) is 8.34. The van der Waals surface area contributed by atoms with Crippen LogP contribution < -0.4 is 5.32 Å². The van der Waals surface area contributed by atoms with Gasteiger partial charge in [0.2, 0.25) is 0 Å². The molecule has 0 saturated heterocycles. The lowest BCUT2D eigenvalue weighted by Crippen LogP contribution is -2.39. The predicted octanol–water partition coefficient (Wildman–Crippen LogP) is 2.96. The zero-order valence-corrected chi connectivity index (χ0v) is 11.5. The van der Waals surface area contributed by atoms with Crippen molar-refractivity contribution in [3.8, 4) is 0 Å². The quantitative estimate of drug-likeness (QED) is 0.835. The summed E-state index contributed by atoms with van der Waals surface area (Å²) in [6.07, 6.45) is 2.68. The molecule has 100 valence electrons. The Morgan fingerprint density at radius 2 is 1.89 bits per heavy atom. The van der Waals surface area contributed by atoms with Crippen LogP contribution in [0.1, 0.15) is 38.3 Å². The second-order valence-electron chi connectivity index (χ2n) is 5.43. The van der Waals surface area contributed by atoms with Crippen LogP contribution in [-0.2, 0) is 0 Å². The highest BCUT2D eigenvalue weighted by atomic mass is 19.1. The van der Waals surface area contributed by atoms with Crippen LogP contribution in [0.25, 0.3) is 0 Å². The lowest BCUT2D eigenvalue weighted by molar-refractivity contribution is 0.237. The summed E-state index contributed by atoms with van der Waals surface area (Å²) in [5, 5.41) is 3.52. The minimum atomic E-state index is -0.173. The van der Waals surface area contributed by atoms with E-state index in [-0.39, 0.29) is 11.9 Å². The maximum absolute atomic E-state index is 12.8. The van der Waals surface area contributed by atoms with Gasteiger partial charge in [-0.1, -0.05) is 12.1 Å². The van der Waals surface area contributed by atoms with Crippen LogP contribution in [-0.4, -0.2) is 30.6 Å². The van der Waals surface area contributed by atoms with Crippen LogP contribution in [0.15, 0.2) is 24.3 Å². The van der Waals surface area contributed by atoms with E-state index in [1.807, 2.05) is 12.1 Å². The fraction of sp³-hybridized carbons (Fsp3) is 0.600. The number of halogens is 1. The topological polar surface area (TPSA) is 15.3 Å². The van der Waals surface area contributed by atoms with Gasteiger partial charge in [0.15, 0.2) is 0 Å². The number of hydrogen-bond acceptors (Lipinski definition) is 2. The largest absolute Gasteiger partial charge is 0.309 e. The molecular weight excluding hydrogens is 227 g/mol. The summed E-state index contributed by atoms with van der Waals surface area (Å²) in [4.78, 5) is 2.45. The zero-order valence-electron chi connectivity index (χ0n) is 11.5. The molecule has 0 aliphatic heterocycles. The minimum absolute atomic E-state index is 0.173. The normalized spacial score (nSPS) is 18.9. The number of likely N-dealkylation sites (N-methyl/N-ethyl adjacent to an activating group) is 1. The SMILES string of the molecule is CC(NCC(C)N(C)C1CC1)c1ccc(F)cc1. The maximum Gasteiger partial charge on any atom is 0.123 e. The van der Waals surface area contributed by atoms with Crippen molar-refractivity contribution >= 4 is 0 Å². The predicted molar refractivity (Wildman–Crippen MR) is 73.1 cm³/mol. The van der Waals surface area contributed by atoms with E-state index in [1.165, 1.54) is 25.0 Å². The summed E-state index contributed by atoms with van der Waals surface area (Å²) >= 11 is 0. The summed E-state index contributed by atoms with van der Waals surface area (Å²) < 4.78 is 12.8. The van der Waals surface area contributed by atoms with E-state index in [1.54, 1.807) is 0 Å². The molecule has 0 radical (unpaired) electrons. The molecule has 0 aromatic heterocycles. The Morgan fingerprint density at radius 3 is 2.44 bits per heavy atom. The van der Waals surface area contributed by atoms with Gasteiger partial charge in [-0.05, 0) is 51.4 Å². The van der Waals surface area contributed by atoms with Gasteiger partial charge in [-0.25, -0.2) is 4.39 Å². The number of rotatable bonds is 6. The third kappa shape index (κ3) is 3.53. The molecule has 0 amide bonds. The van der Waals surface area contributed by atoms with Crippen molar-refractivity contribution in [1.29, 1.82) is 0 Å². The molecule has 1 saturated carbocycles. The van der Waals surface area contributed by atoms with Crippen molar-refractivity contribution in [2.45, 2.75) is 44.8 Å². The van der Waals surface area contributed by atoms with Crippen LogP contribution in [0.3, 0.4) is 0 Å². The molecule has 1 aromatic rings. The molecule has 1 aliphatic carbocycles. The Balaban J connectivity index is 1.80. The lowest BCUT2D eigenvalue weighted by atomic mass is 10.1. The fourth-order valence-corrected chi connectivity index (χ4v) is 2.20. The number of hydrogen-bond donors (Lipinski definition) is 1. The molecule has 2 unspecified atom stereocenters. The monoisotopic (exact) mass is 250 g/mol. The number of nitrogens with one attached hydrogen (secondary N) is 1. The molecule has 18 heavy (non-hydrogen) atoms. The molecule has 2 atom stereocenters. The Morgan fingerprint density at radius 1 is 1.28 bits per heavy atom. The number of nitrogens with zero attached hydrogens (tertiary/aromatic N) is 1. The molecule has 1 aliphatic rings. The standard InChI is InChI=1S/C15H23FN2/c1-11(18(3)15-8-9-15)10-17-12(2)13-4-6-14(16)7-5-13/h4-7,11-12,15,17H,8-10H2,1-3H3. The Kier molecular flexibility index (Phi) is 4.36. The molecule has 1 fully saturated rings. The van der Waals surface area contributed by atoms with Gasteiger partial charge in [-0.2, -0.15) is 0 Å². The molecule has 1 N–H and O–H groups in total. The first kappa shape index (κ1) is 13.5. The first-order chi connectivity index (χ1) is 8.58. The van der Waals surface area contributed by atoms with Gasteiger partial charge >= 0.3 is 0 Å². The second-order valence-corrected chi connectivity index (χ2v) is 5.43. The summed E-state index contributed by atoms with van der Waals surface area (Å²) in [5.74, 6) is -0.173. The van der Waals surface area contributed by atoms with Gasteiger partial charge in [-0.15, -0.1) is 0 Å². The fourth-order valence-electron chi connectivity index (χ4n) is 2.20. The van der Waals surface area contributed by atoms with Gasteiger partial charge in [0, 0.05) is 24.7 Å². The molecule has 0 bridgehead atoms. The summed E-state index contributed by atoms with van der Waals surface area (Å²) in [5.41, 5.74) is 1.14. The molecule has 2 rings (SSSR count). The average Bonchev–Trinajstić information content (AvgIpc) is 3.19. The van der Waals surface area contributed by atoms with Crippen LogP contribution in [0.2, 0.25) is 0 Å². The van der Waals surface area contributed by atoms with Crippen molar-refractivity contribution in [1.82, 2.24) is 10.2 Å². The zero-order chi connectivity index (χ0) is 13.1. The van der Waals surface area contributed by atoms with E-state index in [0.717, 1.165) is 18.2 Å². The molecule has 1 aromatic carbocycles. The highest BCUT2D eigenvalue weighted by Gasteiger charge is 2.28. The minimum Gasteiger partial charge on any atom is -0.309 e. The van der Waals surface area contributed by atoms with Crippen LogP contribution >= 0.6 is 0 Å². The van der Waals surface area contributed by atoms with Crippen LogP contribution in [0.4, 0.5) is 4.39 Å². The van der Waals surface area contributed by atoms with E-state index in [2.05, 4.69) is 31.1 Å². The van der Waals surface area contributed by atoms with Gasteiger partial charge in [0.05, 0.1) is 0 Å². The van der Waals surface area contributed by atoms with Gasteiger partial charge < -0.3 is 5.32 Å². The van der Waals surface area contributed by atoms with E-state index < -0.39 is 0 Å². The van der Waals surface area contributed by atoms with E-state index in [0.29, 0.717) is 6.04 Å². The van der Waals surface area contributed by atoms with Gasteiger partial charge in [0.1, 0.15) is 5.82 Å². The third-order valence-electron chi connectivity index (χ3n) is 3.91. The summed E-state index contributed by atoms with van der Waals surface area (Å²) in [7, 11) is 2.20. The summed E-state index contributed by atoms with van der Waals surface area (Å²) in [6.45, 7) is 5.34. The number of benzene rings is 1. The van der Waals surface area contributed by atoms with E-state index in [4.69, 9.17) is 0 Å². The van der Waals surface area contributed by atoms with Crippen LogP contribution in [0, 0.1) is 5.82 Å². The van der Waals surface area contributed by atoms with Crippen molar-refractivity contribution in [3.63, 3.8) is 0 Å². The van der Waals surface area contributed by atoms with E-state index in [9.17, 15) is 4.39 Å². The lowest BCUT2D eigenvalue weighted by Gasteiger charge is -2.26. The molecular formula is C15H23FN2. The molecule has 3 heteroatoms. The Hall–Kier alpha value is -0.930. The van der Waals surface area contributed by atoms with Crippen molar-refractivity contribution in [2.75, 3.05) is 13.6 Å². The first-order valence-electron chi connectivity index (χ1n) is 6.78.